The van der Waals surface area contributed by atoms with Crippen molar-refractivity contribution in [1.29, 1.82) is 0 Å². The van der Waals surface area contributed by atoms with Crippen molar-refractivity contribution in [1.82, 2.24) is 5.32 Å². The molecule has 3 unspecified atom stereocenters. The van der Waals surface area contributed by atoms with Gasteiger partial charge in [-0.05, 0) is 51.4 Å². The van der Waals surface area contributed by atoms with Gasteiger partial charge in [0.2, 0.25) is 5.91 Å². The second-order valence-electron chi connectivity index (χ2n) is 18.3. The van der Waals surface area contributed by atoms with Gasteiger partial charge in [-0.1, -0.05) is 244 Å². The highest BCUT2D eigenvalue weighted by atomic mass is 16.5. The quantitative estimate of drug-likeness (QED) is 0.0322. The fraction of sp³-hybridized carbons (Fsp3) is 0.889. The number of hydrogen-bond acceptors (Lipinski definition) is 5. The van der Waals surface area contributed by atoms with E-state index in [1.807, 2.05) is 0 Å². The van der Waals surface area contributed by atoms with E-state index in [9.17, 15) is 19.8 Å². The van der Waals surface area contributed by atoms with Gasteiger partial charge in [-0.25, -0.2) is 0 Å². The summed E-state index contributed by atoms with van der Waals surface area (Å²) >= 11 is 0. The molecule has 3 N–H and O–H groups in total. The van der Waals surface area contributed by atoms with Crippen LogP contribution in [0.1, 0.15) is 284 Å². The molecule has 0 rings (SSSR count). The van der Waals surface area contributed by atoms with Gasteiger partial charge in [0.25, 0.3) is 0 Å². The van der Waals surface area contributed by atoms with Crippen molar-refractivity contribution < 1.29 is 24.5 Å². The van der Waals surface area contributed by atoms with Gasteiger partial charge in [-0.3, -0.25) is 9.59 Å². The van der Waals surface area contributed by atoms with Crippen molar-refractivity contribution in [3.8, 4) is 0 Å². The van der Waals surface area contributed by atoms with Crippen LogP contribution in [-0.4, -0.2) is 46.9 Å². The molecular formula is C54H103NO5. The van der Waals surface area contributed by atoms with Crippen LogP contribution in [0.5, 0.6) is 0 Å². The Bertz CT molecular complexity index is 950. The van der Waals surface area contributed by atoms with Gasteiger partial charge in [0.05, 0.1) is 25.2 Å². The predicted octanol–water partition coefficient (Wildman–Crippen LogP) is 15.9. The van der Waals surface area contributed by atoms with E-state index in [-0.39, 0.29) is 24.9 Å². The lowest BCUT2D eigenvalue weighted by Gasteiger charge is -2.24. The van der Waals surface area contributed by atoms with Gasteiger partial charge >= 0.3 is 5.97 Å². The summed E-state index contributed by atoms with van der Waals surface area (Å²) in [7, 11) is 0. The minimum atomic E-state index is -0.789. The van der Waals surface area contributed by atoms with E-state index in [4.69, 9.17) is 4.74 Å². The summed E-state index contributed by atoms with van der Waals surface area (Å²) in [6.07, 6.45) is 55.2. The number of aliphatic hydroxyl groups is 2. The Hall–Kier alpha value is -1.66. The van der Waals surface area contributed by atoms with Crippen molar-refractivity contribution in [2.75, 3.05) is 6.61 Å². The number of rotatable bonds is 48. The van der Waals surface area contributed by atoms with Crippen LogP contribution in [0.2, 0.25) is 0 Å². The van der Waals surface area contributed by atoms with Crippen molar-refractivity contribution >= 4 is 11.9 Å². The average molecular weight is 846 g/mol. The third kappa shape index (κ3) is 43.0. The number of nitrogens with one attached hydrogen (secondary N) is 1. The third-order valence-corrected chi connectivity index (χ3v) is 12.3. The predicted molar refractivity (Wildman–Crippen MR) is 260 cm³/mol. The molecule has 3 atom stereocenters. The Kier molecular flexibility index (Phi) is 47.0. The number of unbranched alkanes of at least 4 members (excludes halogenated alkanes) is 33. The summed E-state index contributed by atoms with van der Waals surface area (Å²) in [6, 6.07) is -0.703. The van der Waals surface area contributed by atoms with Gasteiger partial charge in [-0.15, -0.1) is 0 Å². The number of aliphatic hydroxyl groups excluding tert-OH is 2. The fourth-order valence-electron chi connectivity index (χ4n) is 8.25. The zero-order chi connectivity index (χ0) is 43.8. The van der Waals surface area contributed by atoms with E-state index >= 15 is 0 Å². The molecule has 0 bridgehead atoms. The number of hydrogen-bond donors (Lipinski definition) is 3. The minimum absolute atomic E-state index is 0.0693. The Morgan fingerprint density at radius 3 is 1.27 bits per heavy atom. The standard InChI is InChI=1S/C54H103NO5/c1-4-7-10-13-16-19-22-25-28-31-34-37-40-43-46-52(57)51(49-56)55-53(58)48-50(45-42-39-36-33-30-27-24-21-18-15-12-9-6-3)60-54(59)47-44-41-38-35-32-29-26-23-20-17-14-11-8-5-2/h18,21,24,27,50-52,56-57H,4-17,19-20,22-23,25-26,28-49H2,1-3H3,(H,55,58)/b21-18+,27-24+. The van der Waals surface area contributed by atoms with E-state index in [1.165, 1.54) is 167 Å². The topological polar surface area (TPSA) is 95.9 Å². The second-order valence-corrected chi connectivity index (χ2v) is 18.3. The molecular weight excluding hydrogens is 743 g/mol. The first-order valence-electron chi connectivity index (χ1n) is 26.6. The van der Waals surface area contributed by atoms with Crippen LogP contribution in [-0.2, 0) is 14.3 Å². The van der Waals surface area contributed by atoms with Crippen LogP contribution >= 0.6 is 0 Å². The largest absolute Gasteiger partial charge is 0.462 e. The molecule has 6 heteroatoms. The van der Waals surface area contributed by atoms with Crippen LogP contribution in [0.25, 0.3) is 0 Å². The highest BCUT2D eigenvalue weighted by Gasteiger charge is 2.24. The number of carbonyl (C=O) groups excluding carboxylic acids is 2. The molecule has 0 aliphatic heterocycles. The average Bonchev–Trinajstić information content (AvgIpc) is 3.24. The maximum Gasteiger partial charge on any atom is 0.306 e. The van der Waals surface area contributed by atoms with E-state index < -0.39 is 18.2 Å². The maximum atomic E-state index is 13.2. The van der Waals surface area contributed by atoms with Crippen molar-refractivity contribution in [3.05, 3.63) is 24.3 Å². The summed E-state index contributed by atoms with van der Waals surface area (Å²) in [4.78, 5) is 26.1. The van der Waals surface area contributed by atoms with Crippen molar-refractivity contribution in [2.45, 2.75) is 302 Å². The zero-order valence-electron chi connectivity index (χ0n) is 40.4. The molecule has 0 saturated carbocycles. The highest BCUT2D eigenvalue weighted by Crippen LogP contribution is 2.18. The van der Waals surface area contributed by atoms with Gasteiger partial charge in [0.15, 0.2) is 0 Å². The first-order chi connectivity index (χ1) is 29.5. The molecule has 0 heterocycles. The highest BCUT2D eigenvalue weighted by molar-refractivity contribution is 5.77. The monoisotopic (exact) mass is 846 g/mol. The van der Waals surface area contributed by atoms with Gasteiger partial charge in [0, 0.05) is 6.42 Å². The molecule has 0 aromatic rings. The van der Waals surface area contributed by atoms with Gasteiger partial charge < -0.3 is 20.3 Å². The molecule has 0 fully saturated rings. The summed E-state index contributed by atoms with van der Waals surface area (Å²) in [6.45, 7) is 6.47. The molecule has 0 aliphatic rings. The fourth-order valence-corrected chi connectivity index (χ4v) is 8.25. The third-order valence-electron chi connectivity index (χ3n) is 12.3. The smallest absolute Gasteiger partial charge is 0.306 e. The van der Waals surface area contributed by atoms with Crippen LogP contribution in [0.3, 0.4) is 0 Å². The van der Waals surface area contributed by atoms with Gasteiger partial charge in [-0.2, -0.15) is 0 Å². The van der Waals surface area contributed by atoms with Crippen LogP contribution in [0.15, 0.2) is 24.3 Å². The first-order valence-corrected chi connectivity index (χ1v) is 26.6. The molecule has 0 radical (unpaired) electrons. The zero-order valence-corrected chi connectivity index (χ0v) is 40.4. The molecule has 60 heavy (non-hydrogen) atoms. The van der Waals surface area contributed by atoms with E-state index in [0.29, 0.717) is 19.3 Å². The number of esters is 1. The first kappa shape index (κ1) is 58.3. The molecule has 0 aliphatic carbocycles. The molecule has 0 saturated heterocycles. The van der Waals surface area contributed by atoms with Crippen LogP contribution in [0.4, 0.5) is 0 Å². The normalized spacial score (nSPS) is 13.3. The lowest BCUT2D eigenvalue weighted by atomic mass is 10.0. The van der Waals surface area contributed by atoms with Crippen molar-refractivity contribution in [2.24, 2.45) is 0 Å². The van der Waals surface area contributed by atoms with Crippen molar-refractivity contribution in [3.63, 3.8) is 0 Å². The number of ether oxygens (including phenoxy) is 1. The Labute approximate surface area is 373 Å². The van der Waals surface area contributed by atoms with E-state index in [0.717, 1.165) is 70.6 Å². The second kappa shape index (κ2) is 48.4. The Balaban J connectivity index is 4.55. The van der Waals surface area contributed by atoms with E-state index in [2.05, 4.69) is 50.4 Å². The summed E-state index contributed by atoms with van der Waals surface area (Å²) < 4.78 is 5.93. The Morgan fingerprint density at radius 1 is 0.483 bits per heavy atom. The van der Waals surface area contributed by atoms with Crippen LogP contribution in [0, 0.1) is 0 Å². The summed E-state index contributed by atoms with van der Waals surface area (Å²) in [5.74, 6) is -0.479. The Morgan fingerprint density at radius 2 is 0.833 bits per heavy atom. The lowest BCUT2D eigenvalue weighted by Crippen LogP contribution is -2.46. The maximum absolute atomic E-state index is 13.2. The number of allylic oxidation sites excluding steroid dienone is 4. The molecule has 0 aromatic heterocycles. The number of carbonyl (C=O) groups is 2. The summed E-state index contributed by atoms with van der Waals surface area (Å²) in [5, 5.41) is 23.8. The molecule has 0 spiro atoms. The SMILES string of the molecule is CCCCC/C=C/C=C/CCCCCCC(CC(=O)NC(CO)C(O)CCCCCCCCCCCCCCCC)OC(=O)CCCCCCCCCCCCCCCC. The number of amides is 1. The molecule has 354 valence electrons. The molecule has 6 nitrogen and oxygen atoms in total. The summed E-state index contributed by atoms with van der Waals surface area (Å²) in [5.41, 5.74) is 0. The van der Waals surface area contributed by atoms with Crippen LogP contribution < -0.4 is 5.32 Å². The lowest BCUT2D eigenvalue weighted by molar-refractivity contribution is -0.151. The molecule has 0 aromatic carbocycles. The van der Waals surface area contributed by atoms with Gasteiger partial charge in [0.1, 0.15) is 6.10 Å². The van der Waals surface area contributed by atoms with E-state index in [1.54, 1.807) is 0 Å². The molecule has 1 amide bonds. The minimum Gasteiger partial charge on any atom is -0.462 e.